The van der Waals surface area contributed by atoms with Crippen LogP contribution in [0.1, 0.15) is 82.8 Å². The molecule has 7 heteroatoms. The highest BCUT2D eigenvalue weighted by Gasteiger charge is 2.30. The maximum Gasteiger partial charge on any atom is 0.153 e. The number of nitrogens with zero attached hydrogens (tertiary/aromatic N) is 2. The molecule has 186 valence electrons. The van der Waals surface area contributed by atoms with Crippen molar-refractivity contribution in [2.75, 3.05) is 18.9 Å². The standard InChI is InChI=1S/C28H35N3O2S2/c1-3-5-16-32-25-21(18-29)22(19-30)26(33-17-6-4-2)28(35-24-15-11-10-14-23(24)31)27(25)34-20-12-8-7-9-13-20/h10-11,14-15,20H,3-9,12-13,16-17,31H2,1-2H3. The minimum atomic E-state index is 0.250. The van der Waals surface area contributed by atoms with Crippen LogP contribution >= 0.6 is 23.5 Å². The van der Waals surface area contributed by atoms with E-state index in [4.69, 9.17) is 15.2 Å². The van der Waals surface area contributed by atoms with Crippen molar-refractivity contribution in [3.05, 3.63) is 35.4 Å². The second-order valence-corrected chi connectivity index (χ2v) is 11.1. The van der Waals surface area contributed by atoms with E-state index >= 15 is 0 Å². The molecule has 0 aliphatic heterocycles. The highest BCUT2D eigenvalue weighted by Crippen LogP contribution is 2.53. The minimum absolute atomic E-state index is 0.250. The lowest BCUT2D eigenvalue weighted by Crippen LogP contribution is -2.11. The van der Waals surface area contributed by atoms with Crippen molar-refractivity contribution in [1.29, 1.82) is 10.5 Å². The molecule has 2 aromatic carbocycles. The first-order valence-electron chi connectivity index (χ1n) is 12.6. The van der Waals surface area contributed by atoms with Crippen LogP contribution in [0.15, 0.2) is 39.0 Å². The van der Waals surface area contributed by atoms with E-state index < -0.39 is 0 Å². The van der Waals surface area contributed by atoms with Crippen molar-refractivity contribution in [3.8, 4) is 23.6 Å². The van der Waals surface area contributed by atoms with Gasteiger partial charge in [0, 0.05) is 15.8 Å². The molecule has 2 N–H and O–H groups in total. The quantitative estimate of drug-likeness (QED) is 0.229. The number of nitrogen functional groups attached to an aromatic ring is 1. The number of thioether (sulfide) groups is 1. The molecule has 1 aliphatic carbocycles. The Labute approximate surface area is 218 Å². The largest absolute Gasteiger partial charge is 0.491 e. The van der Waals surface area contributed by atoms with E-state index in [9.17, 15) is 10.5 Å². The van der Waals surface area contributed by atoms with E-state index in [1.165, 1.54) is 31.0 Å². The van der Waals surface area contributed by atoms with Gasteiger partial charge < -0.3 is 15.2 Å². The number of hydrogen-bond donors (Lipinski definition) is 1. The molecule has 0 saturated heterocycles. The molecule has 0 spiro atoms. The lowest BCUT2D eigenvalue weighted by molar-refractivity contribution is 0.286. The van der Waals surface area contributed by atoms with E-state index in [0.29, 0.717) is 35.7 Å². The van der Waals surface area contributed by atoms with Crippen LogP contribution in [0.25, 0.3) is 0 Å². The fraction of sp³-hybridized carbons (Fsp3) is 0.500. The molecule has 0 heterocycles. The fourth-order valence-corrected chi connectivity index (χ4v) is 6.65. The van der Waals surface area contributed by atoms with Crippen LogP contribution in [0.2, 0.25) is 0 Å². The number of unbranched alkanes of at least 4 members (excludes halogenated alkanes) is 2. The molecule has 0 unspecified atom stereocenters. The third-order valence-electron chi connectivity index (χ3n) is 6.00. The SMILES string of the molecule is CCCCOc1c(C#N)c(C#N)c(OCCCC)c(SC2CCCCC2)c1Sc1ccccc1N. The molecule has 1 fully saturated rings. The van der Waals surface area contributed by atoms with Crippen molar-refractivity contribution in [2.45, 2.75) is 91.6 Å². The summed E-state index contributed by atoms with van der Waals surface area (Å²) in [5.41, 5.74) is 7.52. The molecule has 0 atom stereocenters. The third-order valence-corrected chi connectivity index (χ3v) is 8.75. The van der Waals surface area contributed by atoms with Gasteiger partial charge >= 0.3 is 0 Å². The first-order chi connectivity index (χ1) is 17.1. The van der Waals surface area contributed by atoms with Crippen LogP contribution in [0.5, 0.6) is 11.5 Å². The number of anilines is 1. The Morgan fingerprint density at radius 3 is 2.00 bits per heavy atom. The minimum Gasteiger partial charge on any atom is -0.491 e. The van der Waals surface area contributed by atoms with Crippen molar-refractivity contribution in [2.24, 2.45) is 0 Å². The van der Waals surface area contributed by atoms with Gasteiger partial charge in [0.1, 0.15) is 23.3 Å². The summed E-state index contributed by atoms with van der Waals surface area (Å²) < 4.78 is 12.5. The molecule has 0 radical (unpaired) electrons. The zero-order valence-corrected chi connectivity index (χ0v) is 22.4. The number of ether oxygens (including phenoxy) is 2. The Morgan fingerprint density at radius 2 is 1.46 bits per heavy atom. The summed E-state index contributed by atoms with van der Waals surface area (Å²) in [5.74, 6) is 1.000. The number of nitriles is 2. The van der Waals surface area contributed by atoms with Crippen molar-refractivity contribution in [3.63, 3.8) is 0 Å². The smallest absolute Gasteiger partial charge is 0.153 e. The second-order valence-electron chi connectivity index (χ2n) is 8.71. The van der Waals surface area contributed by atoms with E-state index in [-0.39, 0.29) is 11.1 Å². The molecule has 1 aliphatic rings. The summed E-state index contributed by atoms with van der Waals surface area (Å²) in [6, 6.07) is 12.3. The molecule has 0 amide bonds. The summed E-state index contributed by atoms with van der Waals surface area (Å²) in [6.45, 7) is 5.20. The van der Waals surface area contributed by atoms with E-state index in [0.717, 1.165) is 53.2 Å². The van der Waals surface area contributed by atoms with Gasteiger partial charge in [0.2, 0.25) is 0 Å². The highest BCUT2D eigenvalue weighted by molar-refractivity contribution is 8.02. The number of nitrogens with two attached hydrogens (primary N) is 1. The van der Waals surface area contributed by atoms with Crippen LogP contribution in [0.4, 0.5) is 5.69 Å². The maximum absolute atomic E-state index is 10.2. The average Bonchev–Trinajstić information content (AvgIpc) is 2.88. The maximum atomic E-state index is 10.2. The first kappa shape index (κ1) is 27.1. The number of para-hydroxylation sites is 1. The van der Waals surface area contributed by atoms with Crippen LogP contribution in [0, 0.1) is 22.7 Å². The first-order valence-corrected chi connectivity index (χ1v) is 14.3. The Balaban J connectivity index is 2.23. The molecule has 3 rings (SSSR count). The molecule has 1 saturated carbocycles. The van der Waals surface area contributed by atoms with Gasteiger partial charge in [0.25, 0.3) is 0 Å². The Hall–Kier alpha value is -2.48. The summed E-state index contributed by atoms with van der Waals surface area (Å²) in [7, 11) is 0. The van der Waals surface area contributed by atoms with Crippen molar-refractivity contribution in [1.82, 2.24) is 0 Å². The predicted molar refractivity (Wildman–Crippen MR) is 144 cm³/mol. The summed E-state index contributed by atoms with van der Waals surface area (Å²) in [5, 5.41) is 20.8. The van der Waals surface area contributed by atoms with E-state index in [1.54, 1.807) is 11.8 Å². The van der Waals surface area contributed by atoms with Crippen LogP contribution in [0.3, 0.4) is 0 Å². The zero-order chi connectivity index (χ0) is 25.0. The second kappa shape index (κ2) is 14.2. The highest BCUT2D eigenvalue weighted by atomic mass is 32.2. The van der Waals surface area contributed by atoms with Crippen LogP contribution in [-0.2, 0) is 0 Å². The van der Waals surface area contributed by atoms with E-state index in [2.05, 4.69) is 26.0 Å². The molecule has 35 heavy (non-hydrogen) atoms. The Kier molecular flexibility index (Phi) is 11.0. The summed E-state index contributed by atoms with van der Waals surface area (Å²) in [4.78, 5) is 2.63. The lowest BCUT2D eigenvalue weighted by Gasteiger charge is -2.26. The molecule has 2 aromatic rings. The summed E-state index contributed by atoms with van der Waals surface area (Å²) in [6.07, 6.45) is 9.64. The molecular formula is C28H35N3O2S2. The Morgan fingerprint density at radius 1 is 0.886 bits per heavy atom. The number of hydrogen-bond acceptors (Lipinski definition) is 7. The lowest BCUT2D eigenvalue weighted by atomic mass is 10.0. The number of rotatable bonds is 12. The third kappa shape index (κ3) is 7.03. The van der Waals surface area contributed by atoms with Gasteiger partial charge in [-0.15, -0.1) is 11.8 Å². The van der Waals surface area contributed by atoms with Gasteiger partial charge in [0.15, 0.2) is 11.5 Å². The molecular weight excluding hydrogens is 474 g/mol. The predicted octanol–water partition coefficient (Wildman–Crippen LogP) is 7.95. The van der Waals surface area contributed by atoms with Gasteiger partial charge in [-0.25, -0.2) is 0 Å². The van der Waals surface area contributed by atoms with Crippen molar-refractivity contribution >= 4 is 29.2 Å². The van der Waals surface area contributed by atoms with Crippen LogP contribution in [-0.4, -0.2) is 18.5 Å². The zero-order valence-electron chi connectivity index (χ0n) is 20.8. The van der Waals surface area contributed by atoms with Gasteiger partial charge in [-0.2, -0.15) is 10.5 Å². The Bertz CT molecular complexity index is 1070. The average molecular weight is 510 g/mol. The topological polar surface area (TPSA) is 92.1 Å². The fourth-order valence-electron chi connectivity index (χ4n) is 4.02. The van der Waals surface area contributed by atoms with E-state index in [1.807, 2.05) is 24.3 Å². The summed E-state index contributed by atoms with van der Waals surface area (Å²) >= 11 is 3.28. The van der Waals surface area contributed by atoms with Gasteiger partial charge in [-0.05, 0) is 37.8 Å². The number of benzene rings is 2. The normalized spacial score (nSPS) is 13.7. The van der Waals surface area contributed by atoms with Crippen LogP contribution < -0.4 is 15.2 Å². The van der Waals surface area contributed by atoms with Gasteiger partial charge in [-0.1, -0.05) is 69.8 Å². The van der Waals surface area contributed by atoms with Crippen molar-refractivity contribution < 1.29 is 9.47 Å². The monoisotopic (exact) mass is 509 g/mol. The molecule has 0 aromatic heterocycles. The molecule has 5 nitrogen and oxygen atoms in total. The molecule has 0 bridgehead atoms. The van der Waals surface area contributed by atoms with Gasteiger partial charge in [-0.3, -0.25) is 0 Å². The van der Waals surface area contributed by atoms with Gasteiger partial charge in [0.05, 0.1) is 23.0 Å².